The Morgan fingerprint density at radius 3 is 2.62 bits per heavy atom. The van der Waals surface area contributed by atoms with Crippen molar-refractivity contribution in [3.05, 3.63) is 39.9 Å². The first-order valence-corrected chi connectivity index (χ1v) is 11.6. The van der Waals surface area contributed by atoms with Crippen molar-refractivity contribution in [2.45, 2.75) is 38.2 Å². The Morgan fingerprint density at radius 2 is 1.91 bits per heavy atom. The maximum Gasteiger partial charge on any atom is 0.246 e. The summed E-state index contributed by atoms with van der Waals surface area (Å²) in [4.78, 5) is 42.6. The number of aliphatic hydroxyl groups is 1. The minimum absolute atomic E-state index is 0.0560. The fraction of sp³-hybridized carbons (Fsp3) is 0.522. The summed E-state index contributed by atoms with van der Waals surface area (Å²) in [5.74, 6) is -0.302. The zero-order chi connectivity index (χ0) is 23.3. The summed E-state index contributed by atoms with van der Waals surface area (Å²) in [7, 11) is 0. The number of carbonyl (C=O) groups excluding carboxylic acids is 3. The number of amides is 3. The van der Waals surface area contributed by atoms with Crippen LogP contribution in [0.1, 0.15) is 38.2 Å². The molecule has 2 heterocycles. The van der Waals surface area contributed by atoms with Crippen LogP contribution in [0.2, 0.25) is 10.0 Å². The molecule has 32 heavy (non-hydrogen) atoms. The lowest BCUT2D eigenvalue weighted by molar-refractivity contribution is -0.139. The monoisotopic (exact) mass is 481 g/mol. The van der Waals surface area contributed by atoms with E-state index >= 15 is 0 Å². The van der Waals surface area contributed by atoms with E-state index in [2.05, 4.69) is 0 Å². The van der Waals surface area contributed by atoms with Crippen molar-refractivity contribution in [1.82, 2.24) is 14.7 Å². The molecule has 2 aliphatic heterocycles. The van der Waals surface area contributed by atoms with Gasteiger partial charge in [-0.3, -0.25) is 14.4 Å². The third-order valence-electron chi connectivity index (χ3n) is 5.88. The molecule has 0 radical (unpaired) electrons. The van der Waals surface area contributed by atoms with Crippen LogP contribution >= 0.6 is 23.2 Å². The molecule has 174 valence electrons. The predicted molar refractivity (Wildman–Crippen MR) is 124 cm³/mol. The Labute approximate surface area is 198 Å². The van der Waals surface area contributed by atoms with Crippen LogP contribution in [-0.4, -0.2) is 82.4 Å². The van der Waals surface area contributed by atoms with Crippen LogP contribution in [0.3, 0.4) is 0 Å². The second-order valence-corrected chi connectivity index (χ2v) is 9.44. The molecule has 0 saturated carbocycles. The van der Waals surface area contributed by atoms with Gasteiger partial charge in [0.15, 0.2) is 0 Å². The van der Waals surface area contributed by atoms with Crippen molar-refractivity contribution in [3.8, 4) is 0 Å². The summed E-state index contributed by atoms with van der Waals surface area (Å²) in [6, 6.07) is 5.12. The maximum atomic E-state index is 12.6. The predicted octanol–water partition coefficient (Wildman–Crippen LogP) is 2.83. The minimum Gasteiger partial charge on any atom is -0.388 e. The normalized spacial score (nSPS) is 22.4. The van der Waals surface area contributed by atoms with Gasteiger partial charge in [0, 0.05) is 58.2 Å². The van der Waals surface area contributed by atoms with Crippen LogP contribution in [0, 0.1) is 0 Å². The third-order valence-corrected chi connectivity index (χ3v) is 6.62. The van der Waals surface area contributed by atoms with Gasteiger partial charge in [-0.05, 0) is 43.5 Å². The van der Waals surface area contributed by atoms with Gasteiger partial charge in [0.25, 0.3) is 0 Å². The molecule has 2 saturated heterocycles. The minimum atomic E-state index is -0.849. The van der Waals surface area contributed by atoms with Gasteiger partial charge in [0.1, 0.15) is 0 Å². The molecule has 1 unspecified atom stereocenters. The molecule has 1 aromatic rings. The smallest absolute Gasteiger partial charge is 0.246 e. The van der Waals surface area contributed by atoms with E-state index in [9.17, 15) is 19.5 Å². The Balaban J connectivity index is 1.50. The van der Waals surface area contributed by atoms with E-state index in [0.29, 0.717) is 55.7 Å². The second kappa shape index (κ2) is 10.7. The van der Waals surface area contributed by atoms with Crippen LogP contribution in [0.15, 0.2) is 24.3 Å². The summed E-state index contributed by atoms with van der Waals surface area (Å²) in [6.45, 7) is 4.15. The number of likely N-dealkylation sites (tertiary alicyclic amines) is 1. The van der Waals surface area contributed by atoms with Gasteiger partial charge in [0.05, 0.1) is 15.6 Å². The van der Waals surface area contributed by atoms with E-state index in [4.69, 9.17) is 23.2 Å². The first-order valence-electron chi connectivity index (χ1n) is 10.8. The van der Waals surface area contributed by atoms with Crippen LogP contribution in [0.5, 0.6) is 0 Å². The molecule has 0 aliphatic carbocycles. The van der Waals surface area contributed by atoms with Crippen molar-refractivity contribution in [3.63, 3.8) is 0 Å². The number of carbonyl (C=O) groups is 3. The molecule has 1 aromatic carbocycles. The first kappa shape index (κ1) is 24.6. The van der Waals surface area contributed by atoms with Crippen LogP contribution < -0.4 is 0 Å². The number of halogens is 2. The molecule has 9 heteroatoms. The zero-order valence-electron chi connectivity index (χ0n) is 18.2. The molecule has 2 fully saturated rings. The first-order chi connectivity index (χ1) is 15.1. The van der Waals surface area contributed by atoms with E-state index in [1.165, 1.54) is 6.08 Å². The lowest BCUT2D eigenvalue weighted by atomic mass is 9.95. The lowest BCUT2D eigenvalue weighted by Gasteiger charge is -2.37. The molecule has 0 aromatic heterocycles. The van der Waals surface area contributed by atoms with Crippen molar-refractivity contribution in [1.29, 1.82) is 0 Å². The molecular formula is C23H29Cl2N3O4. The number of hydrogen-bond donors (Lipinski definition) is 1. The molecule has 3 amide bonds. The molecule has 1 N–H and O–H groups in total. The van der Waals surface area contributed by atoms with E-state index in [1.54, 1.807) is 45.9 Å². The van der Waals surface area contributed by atoms with Crippen LogP contribution in [0.4, 0.5) is 0 Å². The average Bonchev–Trinajstić information content (AvgIpc) is 2.93. The SMILES string of the molecule is CC1(O)CCCN(C(=O)CCN2CCN(C(=O)C=Cc3ccc(Cl)c(Cl)c3)CCC2=O)C1. The van der Waals surface area contributed by atoms with E-state index in [-0.39, 0.29) is 30.6 Å². The Morgan fingerprint density at radius 1 is 1.12 bits per heavy atom. The van der Waals surface area contributed by atoms with Gasteiger partial charge in [-0.1, -0.05) is 29.3 Å². The molecule has 0 bridgehead atoms. The number of hydrogen-bond acceptors (Lipinski definition) is 4. The van der Waals surface area contributed by atoms with Crippen LogP contribution in [-0.2, 0) is 14.4 Å². The van der Waals surface area contributed by atoms with Gasteiger partial charge in [0.2, 0.25) is 17.7 Å². The van der Waals surface area contributed by atoms with E-state index in [0.717, 1.165) is 12.0 Å². The van der Waals surface area contributed by atoms with Gasteiger partial charge >= 0.3 is 0 Å². The van der Waals surface area contributed by atoms with Crippen molar-refractivity contribution < 1.29 is 19.5 Å². The summed E-state index contributed by atoms with van der Waals surface area (Å²) in [5.41, 5.74) is -0.0894. The van der Waals surface area contributed by atoms with Crippen molar-refractivity contribution in [2.24, 2.45) is 0 Å². The topological polar surface area (TPSA) is 81.2 Å². The molecule has 0 spiro atoms. The highest BCUT2D eigenvalue weighted by molar-refractivity contribution is 6.42. The quantitative estimate of drug-likeness (QED) is 0.655. The van der Waals surface area contributed by atoms with Crippen LogP contribution in [0.25, 0.3) is 6.08 Å². The highest BCUT2D eigenvalue weighted by atomic mass is 35.5. The summed E-state index contributed by atoms with van der Waals surface area (Å²) >= 11 is 11.9. The molecule has 2 aliphatic rings. The molecular weight excluding hydrogens is 453 g/mol. The summed E-state index contributed by atoms with van der Waals surface area (Å²) < 4.78 is 0. The molecule has 3 rings (SSSR count). The Kier molecular flexibility index (Phi) is 8.20. The standard InChI is InChI=1S/C23H29Cl2N3O4/c1-23(32)9-2-10-28(16-23)22(31)8-12-27-14-13-26(11-7-21(27)30)20(29)6-4-17-3-5-18(24)19(25)15-17/h3-6,15,32H,2,7-14,16H2,1H3. The summed E-state index contributed by atoms with van der Waals surface area (Å²) in [5, 5.41) is 11.1. The number of nitrogens with zero attached hydrogens (tertiary/aromatic N) is 3. The summed E-state index contributed by atoms with van der Waals surface area (Å²) in [6.07, 6.45) is 5.03. The van der Waals surface area contributed by atoms with Gasteiger partial charge in [-0.25, -0.2) is 0 Å². The number of rotatable bonds is 5. The van der Waals surface area contributed by atoms with Gasteiger partial charge in [-0.15, -0.1) is 0 Å². The highest BCUT2D eigenvalue weighted by Gasteiger charge is 2.31. The van der Waals surface area contributed by atoms with E-state index < -0.39 is 5.60 Å². The average molecular weight is 482 g/mol. The second-order valence-electron chi connectivity index (χ2n) is 8.63. The highest BCUT2D eigenvalue weighted by Crippen LogP contribution is 2.23. The number of β-amino-alcohol motifs (C(OH)–C–C–N with tert-alkyl or cyclic N) is 1. The number of piperidine rings is 1. The largest absolute Gasteiger partial charge is 0.388 e. The van der Waals surface area contributed by atoms with Crippen molar-refractivity contribution >= 4 is 47.0 Å². The van der Waals surface area contributed by atoms with Gasteiger partial charge in [-0.2, -0.15) is 0 Å². The van der Waals surface area contributed by atoms with Gasteiger partial charge < -0.3 is 19.8 Å². The fourth-order valence-electron chi connectivity index (χ4n) is 4.03. The molecule has 7 nitrogen and oxygen atoms in total. The fourth-order valence-corrected chi connectivity index (χ4v) is 4.34. The lowest BCUT2D eigenvalue weighted by Crippen LogP contribution is -2.49. The Hall–Kier alpha value is -2.09. The maximum absolute atomic E-state index is 12.6. The Bertz CT molecular complexity index is 903. The molecule has 1 atom stereocenters. The number of benzene rings is 1. The van der Waals surface area contributed by atoms with E-state index in [1.807, 2.05) is 0 Å². The zero-order valence-corrected chi connectivity index (χ0v) is 19.7. The third kappa shape index (κ3) is 6.70. The van der Waals surface area contributed by atoms with Crippen molar-refractivity contribution in [2.75, 3.05) is 39.3 Å².